The van der Waals surface area contributed by atoms with Crippen LogP contribution in [0.5, 0.6) is 5.75 Å². The molecule has 0 saturated carbocycles. The summed E-state index contributed by atoms with van der Waals surface area (Å²) in [4.78, 5) is 24.4. The Bertz CT molecular complexity index is 816. The number of hydrogen-bond acceptors (Lipinski definition) is 3. The van der Waals surface area contributed by atoms with Crippen molar-refractivity contribution in [1.82, 2.24) is 5.32 Å². The van der Waals surface area contributed by atoms with Crippen LogP contribution in [0.25, 0.3) is 0 Å². The fourth-order valence-electron chi connectivity index (χ4n) is 1.97. The highest BCUT2D eigenvalue weighted by molar-refractivity contribution is 9.10. The van der Waals surface area contributed by atoms with Gasteiger partial charge in [0, 0.05) is 21.1 Å². The van der Waals surface area contributed by atoms with Crippen molar-refractivity contribution >= 4 is 39.4 Å². The fraction of sp³-hybridized carbons (Fsp3) is 0.222. The van der Waals surface area contributed by atoms with E-state index in [4.69, 9.17) is 16.3 Å². The number of halogens is 3. The highest BCUT2D eigenvalue weighted by Gasteiger charge is 2.20. The third kappa shape index (κ3) is 5.28. The number of carbonyl (C=O) groups excluding carboxylic acids is 2. The van der Waals surface area contributed by atoms with Crippen LogP contribution in [0.15, 0.2) is 40.9 Å². The number of carbonyl (C=O) groups is 2. The molecular weight excluding hydrogens is 413 g/mol. The maximum Gasteiger partial charge on any atom is 0.413 e. The van der Waals surface area contributed by atoms with Crippen LogP contribution in [-0.2, 0) is 0 Å². The van der Waals surface area contributed by atoms with Gasteiger partial charge >= 0.3 is 6.09 Å². The molecule has 2 aromatic carbocycles. The molecular formula is C18H16BrClFNO3. The number of ether oxygens (including phenoxy) is 1. The molecule has 0 bridgehead atoms. The molecule has 0 fully saturated rings. The predicted molar refractivity (Wildman–Crippen MR) is 97.9 cm³/mol. The second kappa shape index (κ2) is 7.54. The van der Waals surface area contributed by atoms with E-state index in [0.717, 1.165) is 0 Å². The molecule has 0 atom stereocenters. The van der Waals surface area contributed by atoms with E-state index in [1.807, 2.05) is 20.8 Å². The van der Waals surface area contributed by atoms with Crippen molar-refractivity contribution in [3.63, 3.8) is 0 Å². The van der Waals surface area contributed by atoms with Gasteiger partial charge in [-0.15, -0.1) is 0 Å². The quantitative estimate of drug-likeness (QED) is 0.670. The summed E-state index contributed by atoms with van der Waals surface area (Å²) in [6.07, 6.45) is -0.654. The van der Waals surface area contributed by atoms with Crippen LogP contribution in [0.2, 0.25) is 5.02 Å². The molecule has 0 saturated heterocycles. The molecule has 0 heterocycles. The lowest BCUT2D eigenvalue weighted by Gasteiger charge is -2.20. The molecule has 0 aromatic heterocycles. The molecule has 0 spiro atoms. The second-order valence-electron chi connectivity index (χ2n) is 6.36. The molecule has 2 aromatic rings. The molecule has 132 valence electrons. The van der Waals surface area contributed by atoms with Gasteiger partial charge in [-0.1, -0.05) is 11.6 Å². The summed E-state index contributed by atoms with van der Waals surface area (Å²) >= 11 is 9.42. The maximum atomic E-state index is 13.0. The van der Waals surface area contributed by atoms with Gasteiger partial charge in [-0.2, -0.15) is 0 Å². The van der Waals surface area contributed by atoms with E-state index in [2.05, 4.69) is 21.2 Å². The van der Waals surface area contributed by atoms with E-state index in [-0.39, 0.29) is 22.1 Å². The molecule has 25 heavy (non-hydrogen) atoms. The smallest absolute Gasteiger partial charge is 0.409 e. The topological polar surface area (TPSA) is 55.4 Å². The number of hydrogen-bond donors (Lipinski definition) is 1. The molecule has 0 unspecified atom stereocenters. The van der Waals surface area contributed by atoms with Crippen molar-refractivity contribution in [2.45, 2.75) is 26.3 Å². The number of benzene rings is 2. The van der Waals surface area contributed by atoms with Gasteiger partial charge in [-0.3, -0.25) is 4.79 Å². The van der Waals surface area contributed by atoms with Gasteiger partial charge in [-0.05, 0) is 73.1 Å². The monoisotopic (exact) mass is 427 g/mol. The Labute approximate surface area is 158 Å². The molecule has 0 aliphatic heterocycles. The van der Waals surface area contributed by atoms with Crippen LogP contribution >= 0.6 is 27.5 Å². The zero-order chi connectivity index (χ0) is 18.8. The lowest BCUT2D eigenvalue weighted by atomic mass is 10.0. The third-order valence-corrected chi connectivity index (χ3v) is 4.00. The largest absolute Gasteiger partial charge is 0.413 e. The van der Waals surface area contributed by atoms with Crippen molar-refractivity contribution < 1.29 is 18.7 Å². The Morgan fingerprint density at radius 2 is 1.76 bits per heavy atom. The maximum absolute atomic E-state index is 13.0. The summed E-state index contributed by atoms with van der Waals surface area (Å²) in [7, 11) is 0. The van der Waals surface area contributed by atoms with Gasteiger partial charge in [0.2, 0.25) is 0 Å². The van der Waals surface area contributed by atoms with Crippen molar-refractivity contribution in [2.24, 2.45) is 0 Å². The fourth-order valence-corrected chi connectivity index (χ4v) is 2.67. The molecule has 1 amide bonds. The second-order valence-corrected chi connectivity index (χ2v) is 7.62. The summed E-state index contributed by atoms with van der Waals surface area (Å²) in [5.41, 5.74) is 0.136. The molecule has 0 radical (unpaired) electrons. The lowest BCUT2D eigenvalue weighted by molar-refractivity contribution is 0.103. The molecule has 0 aliphatic rings. The number of rotatable bonds is 3. The normalized spacial score (nSPS) is 11.1. The molecule has 2 rings (SSSR count). The van der Waals surface area contributed by atoms with Gasteiger partial charge in [0.25, 0.3) is 0 Å². The van der Waals surface area contributed by atoms with Gasteiger partial charge in [0.05, 0.1) is 5.02 Å². The average molecular weight is 429 g/mol. The Balaban J connectivity index is 2.26. The van der Waals surface area contributed by atoms with E-state index >= 15 is 0 Å². The first-order valence-corrected chi connectivity index (χ1v) is 8.53. The third-order valence-electron chi connectivity index (χ3n) is 3.05. The highest BCUT2D eigenvalue weighted by atomic mass is 79.9. The van der Waals surface area contributed by atoms with Crippen molar-refractivity contribution in [3.8, 4) is 5.75 Å². The average Bonchev–Trinajstić information content (AvgIpc) is 2.49. The first-order valence-electron chi connectivity index (χ1n) is 7.36. The minimum atomic E-state index is -0.654. The summed E-state index contributed by atoms with van der Waals surface area (Å²) < 4.78 is 18.6. The van der Waals surface area contributed by atoms with E-state index in [9.17, 15) is 14.0 Å². The SMILES string of the molecule is CC(C)(C)NC(=O)Oc1cc(Br)c(C(=O)c2ccc(F)cc2)cc1Cl. The van der Waals surface area contributed by atoms with E-state index in [0.29, 0.717) is 10.0 Å². The van der Waals surface area contributed by atoms with Crippen LogP contribution in [0.3, 0.4) is 0 Å². The number of amides is 1. The van der Waals surface area contributed by atoms with Crippen LogP contribution < -0.4 is 10.1 Å². The van der Waals surface area contributed by atoms with Crippen molar-refractivity contribution in [3.05, 3.63) is 62.8 Å². The Kier molecular flexibility index (Phi) is 5.85. The van der Waals surface area contributed by atoms with E-state index in [1.165, 1.54) is 36.4 Å². The molecule has 0 aliphatic carbocycles. The van der Waals surface area contributed by atoms with E-state index in [1.54, 1.807) is 0 Å². The zero-order valence-electron chi connectivity index (χ0n) is 13.8. The first kappa shape index (κ1) is 19.4. The van der Waals surface area contributed by atoms with Crippen molar-refractivity contribution in [1.29, 1.82) is 0 Å². The minimum absolute atomic E-state index is 0.109. The predicted octanol–water partition coefficient (Wildman–Crippen LogP) is 5.36. The van der Waals surface area contributed by atoms with Gasteiger partial charge in [-0.25, -0.2) is 9.18 Å². The van der Waals surface area contributed by atoms with Crippen LogP contribution in [0.1, 0.15) is 36.7 Å². The Morgan fingerprint density at radius 1 is 1.16 bits per heavy atom. The summed E-state index contributed by atoms with van der Waals surface area (Å²) in [6, 6.07) is 8.03. The van der Waals surface area contributed by atoms with Crippen LogP contribution in [0.4, 0.5) is 9.18 Å². The number of nitrogens with one attached hydrogen (secondary N) is 1. The number of ketones is 1. The summed E-state index contributed by atoms with van der Waals surface area (Å²) in [5.74, 6) is -0.646. The first-order chi connectivity index (χ1) is 11.6. The van der Waals surface area contributed by atoms with Gasteiger partial charge in [0.1, 0.15) is 5.82 Å². The Hall–Kier alpha value is -1.92. The standard InChI is InChI=1S/C18H16BrClFNO3/c1-18(2,3)22-17(24)25-15-9-13(19)12(8-14(15)20)16(23)10-4-6-11(21)7-5-10/h4-9H,1-3H3,(H,22,24). The molecule has 4 nitrogen and oxygen atoms in total. The van der Waals surface area contributed by atoms with Gasteiger partial charge in [0.15, 0.2) is 11.5 Å². The molecule has 1 N–H and O–H groups in total. The van der Waals surface area contributed by atoms with Crippen LogP contribution in [0, 0.1) is 5.82 Å². The molecule has 7 heteroatoms. The zero-order valence-corrected chi connectivity index (χ0v) is 16.2. The van der Waals surface area contributed by atoms with Gasteiger partial charge < -0.3 is 10.1 Å². The van der Waals surface area contributed by atoms with Crippen molar-refractivity contribution in [2.75, 3.05) is 0 Å². The Morgan fingerprint density at radius 3 is 2.32 bits per heavy atom. The van der Waals surface area contributed by atoms with E-state index < -0.39 is 17.4 Å². The summed E-state index contributed by atoms with van der Waals surface area (Å²) in [6.45, 7) is 5.45. The lowest BCUT2D eigenvalue weighted by Crippen LogP contribution is -2.42. The summed E-state index contributed by atoms with van der Waals surface area (Å²) in [5, 5.41) is 2.75. The van der Waals surface area contributed by atoms with Crippen LogP contribution in [-0.4, -0.2) is 17.4 Å². The minimum Gasteiger partial charge on any atom is -0.409 e. The highest BCUT2D eigenvalue weighted by Crippen LogP contribution is 2.33.